The van der Waals surface area contributed by atoms with E-state index in [1.807, 2.05) is 0 Å². The van der Waals surface area contributed by atoms with E-state index in [0.29, 0.717) is 46.1 Å². The molecule has 0 aliphatic heterocycles. The maximum absolute atomic E-state index is 12.4. The highest BCUT2D eigenvalue weighted by atomic mass is 16.6. The molecule has 0 aromatic heterocycles. The molecule has 0 heterocycles. The Labute approximate surface area is 220 Å². The topological polar surface area (TPSA) is 108 Å². The lowest BCUT2D eigenvalue weighted by molar-refractivity contribution is -0.134. The van der Waals surface area contributed by atoms with Gasteiger partial charge in [-0.25, -0.2) is 9.59 Å². The second-order valence-corrected chi connectivity index (χ2v) is 8.38. The van der Waals surface area contributed by atoms with Gasteiger partial charge in [-0.15, -0.1) is 0 Å². The zero-order valence-corrected chi connectivity index (χ0v) is 21.1. The lowest BCUT2D eigenvalue weighted by Gasteiger charge is -2.15. The number of carbonyl (C=O) groups is 3. The van der Waals surface area contributed by atoms with Gasteiger partial charge in [0.1, 0.15) is 23.0 Å². The van der Waals surface area contributed by atoms with E-state index < -0.39 is 24.2 Å². The summed E-state index contributed by atoms with van der Waals surface area (Å²) >= 11 is 0. The Hall–Kier alpha value is -4.69. The Morgan fingerprint density at radius 1 is 0.895 bits per heavy atom. The van der Waals surface area contributed by atoms with Crippen molar-refractivity contribution in [2.75, 3.05) is 0 Å². The molecule has 0 aliphatic carbocycles. The predicted molar refractivity (Wildman–Crippen MR) is 140 cm³/mol. The van der Waals surface area contributed by atoms with Crippen molar-refractivity contribution in [3.8, 4) is 23.0 Å². The normalized spacial score (nSPS) is 11.1. The van der Waals surface area contributed by atoms with Crippen LogP contribution in [0.15, 0.2) is 91.5 Å². The molecule has 0 radical (unpaired) electrons. The van der Waals surface area contributed by atoms with Crippen LogP contribution in [0.2, 0.25) is 0 Å². The molecule has 1 atom stereocenters. The van der Waals surface area contributed by atoms with Crippen LogP contribution in [-0.2, 0) is 20.8 Å². The molecule has 3 aromatic rings. The van der Waals surface area contributed by atoms with E-state index in [4.69, 9.17) is 18.9 Å². The van der Waals surface area contributed by atoms with Gasteiger partial charge in [0.2, 0.25) is 6.29 Å². The third kappa shape index (κ3) is 8.18. The van der Waals surface area contributed by atoms with E-state index in [-0.39, 0.29) is 6.42 Å². The van der Waals surface area contributed by atoms with Crippen LogP contribution in [0.1, 0.15) is 36.3 Å². The molecule has 1 unspecified atom stereocenters. The number of ether oxygens (including phenoxy) is 4. The summed E-state index contributed by atoms with van der Waals surface area (Å²) in [6.07, 6.45) is 0.397. The maximum atomic E-state index is 12.4. The standard InChI is InChI=1S/C30H28O8/c1-5-27(31)35-23-13-9-22(10-14-23)30(34)37-25-15-16-26(20(4)18-25)38-28(32)17-8-21-6-11-24(12-7-21)36-29(33)19(2)3/h5-7,9-16,18,30,34H,1-2,8,17H2,3-4H3. The van der Waals surface area contributed by atoms with Gasteiger partial charge in [0.15, 0.2) is 0 Å². The van der Waals surface area contributed by atoms with Crippen molar-refractivity contribution >= 4 is 17.9 Å². The van der Waals surface area contributed by atoms with Gasteiger partial charge in [0.25, 0.3) is 0 Å². The van der Waals surface area contributed by atoms with Gasteiger partial charge >= 0.3 is 17.9 Å². The molecule has 8 nitrogen and oxygen atoms in total. The van der Waals surface area contributed by atoms with Gasteiger partial charge < -0.3 is 24.1 Å². The molecule has 3 aromatic carbocycles. The third-order valence-electron chi connectivity index (χ3n) is 5.27. The summed E-state index contributed by atoms with van der Waals surface area (Å²) in [5.74, 6) is -0.00536. The first-order chi connectivity index (χ1) is 18.1. The van der Waals surface area contributed by atoms with Crippen LogP contribution in [0, 0.1) is 6.92 Å². The molecule has 0 spiro atoms. The number of aliphatic hydroxyl groups is 1. The summed E-state index contributed by atoms with van der Waals surface area (Å²) in [5.41, 5.74) is 2.30. The van der Waals surface area contributed by atoms with E-state index in [2.05, 4.69) is 13.2 Å². The Bertz CT molecular complexity index is 1320. The number of hydrogen-bond donors (Lipinski definition) is 1. The van der Waals surface area contributed by atoms with Gasteiger partial charge in [-0.2, -0.15) is 0 Å². The zero-order valence-electron chi connectivity index (χ0n) is 21.1. The van der Waals surface area contributed by atoms with E-state index in [0.717, 1.165) is 11.6 Å². The molecule has 0 aliphatic rings. The van der Waals surface area contributed by atoms with Crippen LogP contribution in [0.4, 0.5) is 0 Å². The fourth-order valence-electron chi connectivity index (χ4n) is 3.20. The highest BCUT2D eigenvalue weighted by molar-refractivity contribution is 5.88. The number of hydrogen-bond acceptors (Lipinski definition) is 8. The molecule has 0 bridgehead atoms. The molecular weight excluding hydrogens is 488 g/mol. The molecule has 0 fully saturated rings. The van der Waals surface area contributed by atoms with Crippen molar-refractivity contribution in [1.82, 2.24) is 0 Å². The van der Waals surface area contributed by atoms with E-state index in [9.17, 15) is 19.5 Å². The molecule has 8 heteroatoms. The zero-order chi connectivity index (χ0) is 27.7. The summed E-state index contributed by atoms with van der Waals surface area (Å²) in [5, 5.41) is 10.4. The van der Waals surface area contributed by atoms with Crippen molar-refractivity contribution in [3.63, 3.8) is 0 Å². The molecule has 1 N–H and O–H groups in total. The minimum absolute atomic E-state index is 0.152. The monoisotopic (exact) mass is 516 g/mol. The van der Waals surface area contributed by atoms with Gasteiger partial charge in [-0.1, -0.05) is 25.3 Å². The number of carbonyl (C=O) groups excluding carboxylic acids is 3. The molecule has 196 valence electrons. The number of aliphatic hydroxyl groups excluding tert-OH is 1. The fourth-order valence-corrected chi connectivity index (χ4v) is 3.20. The molecular formula is C30H28O8. The smallest absolute Gasteiger partial charge is 0.338 e. The summed E-state index contributed by atoms with van der Waals surface area (Å²) in [6, 6.07) is 17.9. The molecule has 0 amide bonds. The molecule has 0 saturated carbocycles. The minimum atomic E-state index is -1.26. The predicted octanol–water partition coefficient (Wildman–Crippen LogP) is 5.18. The Balaban J connectivity index is 1.51. The lowest BCUT2D eigenvalue weighted by Crippen LogP contribution is -2.11. The maximum Gasteiger partial charge on any atom is 0.338 e. The second kappa shape index (κ2) is 13.0. The fraction of sp³-hybridized carbons (Fsp3) is 0.167. The highest BCUT2D eigenvalue weighted by Crippen LogP contribution is 2.28. The quantitative estimate of drug-likeness (QED) is 0.161. The Morgan fingerprint density at radius 3 is 2.11 bits per heavy atom. The number of aryl methyl sites for hydroxylation is 2. The van der Waals surface area contributed by atoms with E-state index in [1.54, 1.807) is 68.4 Å². The first kappa shape index (κ1) is 27.9. The molecule has 38 heavy (non-hydrogen) atoms. The largest absolute Gasteiger partial charge is 0.461 e. The lowest BCUT2D eigenvalue weighted by atomic mass is 10.1. The van der Waals surface area contributed by atoms with E-state index in [1.165, 1.54) is 12.1 Å². The number of esters is 3. The van der Waals surface area contributed by atoms with E-state index >= 15 is 0 Å². The second-order valence-electron chi connectivity index (χ2n) is 8.38. The van der Waals surface area contributed by atoms with Crippen molar-refractivity contribution < 1.29 is 38.4 Å². The first-order valence-electron chi connectivity index (χ1n) is 11.7. The van der Waals surface area contributed by atoms with Gasteiger partial charge in [-0.05, 0) is 86.0 Å². The first-order valence-corrected chi connectivity index (χ1v) is 11.7. The summed E-state index contributed by atoms with van der Waals surface area (Å²) < 4.78 is 21.2. The van der Waals surface area contributed by atoms with Gasteiger partial charge in [0.05, 0.1) is 0 Å². The molecule has 0 saturated heterocycles. The number of rotatable bonds is 11. The van der Waals surface area contributed by atoms with Crippen LogP contribution < -0.4 is 18.9 Å². The van der Waals surface area contributed by atoms with Crippen LogP contribution in [-0.4, -0.2) is 23.0 Å². The van der Waals surface area contributed by atoms with Crippen LogP contribution >= 0.6 is 0 Å². The van der Waals surface area contributed by atoms with Crippen LogP contribution in [0.3, 0.4) is 0 Å². The van der Waals surface area contributed by atoms with Crippen molar-refractivity contribution in [2.24, 2.45) is 0 Å². The summed E-state index contributed by atoms with van der Waals surface area (Å²) in [6.45, 7) is 10.2. The SMILES string of the molecule is C=CC(=O)Oc1ccc(C(O)Oc2ccc(OC(=O)CCc3ccc(OC(=O)C(=C)C)cc3)c(C)c2)cc1. The Kier molecular flexibility index (Phi) is 9.56. The van der Waals surface area contributed by atoms with Crippen molar-refractivity contribution in [1.29, 1.82) is 0 Å². The van der Waals surface area contributed by atoms with Crippen LogP contribution in [0.25, 0.3) is 0 Å². The van der Waals surface area contributed by atoms with Gasteiger partial charge in [-0.3, -0.25) is 4.79 Å². The molecule has 3 rings (SSSR count). The summed E-state index contributed by atoms with van der Waals surface area (Å²) in [7, 11) is 0. The Morgan fingerprint density at radius 2 is 1.50 bits per heavy atom. The minimum Gasteiger partial charge on any atom is -0.461 e. The van der Waals surface area contributed by atoms with Crippen LogP contribution in [0.5, 0.6) is 23.0 Å². The summed E-state index contributed by atoms with van der Waals surface area (Å²) in [4.78, 5) is 35.2. The van der Waals surface area contributed by atoms with Crippen molar-refractivity contribution in [2.45, 2.75) is 33.0 Å². The highest BCUT2D eigenvalue weighted by Gasteiger charge is 2.13. The van der Waals surface area contributed by atoms with Crippen molar-refractivity contribution in [3.05, 3.63) is 108 Å². The third-order valence-corrected chi connectivity index (χ3v) is 5.27. The number of benzene rings is 3. The average Bonchev–Trinajstić information content (AvgIpc) is 2.90. The average molecular weight is 517 g/mol. The van der Waals surface area contributed by atoms with Gasteiger partial charge in [0, 0.05) is 23.6 Å².